The van der Waals surface area contributed by atoms with Gasteiger partial charge in [0, 0.05) is 18.7 Å². The Bertz CT molecular complexity index is 890. The van der Waals surface area contributed by atoms with E-state index in [-0.39, 0.29) is 0 Å². The first-order valence-electron chi connectivity index (χ1n) is 9.43. The fraction of sp³-hybridized carbons (Fsp3) is 0.273. The highest BCUT2D eigenvalue weighted by molar-refractivity contribution is 5.79. The highest BCUT2D eigenvalue weighted by Gasteiger charge is 2.06. The van der Waals surface area contributed by atoms with E-state index in [4.69, 9.17) is 9.15 Å². The monoisotopic (exact) mass is 378 g/mol. The molecule has 0 aliphatic carbocycles. The number of rotatable bonds is 8. The van der Waals surface area contributed by atoms with Crippen LogP contribution in [-0.4, -0.2) is 31.1 Å². The maximum Gasteiger partial charge on any atom is 0.226 e. The van der Waals surface area contributed by atoms with Crippen LogP contribution in [0.5, 0.6) is 5.75 Å². The summed E-state index contributed by atoms with van der Waals surface area (Å²) >= 11 is 0. The summed E-state index contributed by atoms with van der Waals surface area (Å²) in [4.78, 5) is 9.12. The Morgan fingerprint density at radius 1 is 1.11 bits per heavy atom. The number of hydrogen-bond donors (Lipinski definition) is 2. The number of benzene rings is 2. The smallest absolute Gasteiger partial charge is 0.226 e. The van der Waals surface area contributed by atoms with E-state index in [0.717, 1.165) is 42.5 Å². The van der Waals surface area contributed by atoms with Gasteiger partial charge in [0.1, 0.15) is 17.7 Å². The van der Waals surface area contributed by atoms with Gasteiger partial charge < -0.3 is 19.8 Å². The molecule has 0 fully saturated rings. The maximum absolute atomic E-state index is 5.57. The van der Waals surface area contributed by atoms with Crippen LogP contribution < -0.4 is 15.4 Å². The van der Waals surface area contributed by atoms with E-state index < -0.39 is 0 Å². The van der Waals surface area contributed by atoms with Crippen molar-refractivity contribution in [2.24, 2.45) is 4.99 Å². The first kappa shape index (κ1) is 19.5. The Morgan fingerprint density at radius 3 is 2.75 bits per heavy atom. The van der Waals surface area contributed by atoms with E-state index in [0.29, 0.717) is 12.4 Å². The lowest BCUT2D eigenvalue weighted by Crippen LogP contribution is -2.38. The normalized spacial score (nSPS) is 11.3. The zero-order valence-corrected chi connectivity index (χ0v) is 16.3. The van der Waals surface area contributed by atoms with Crippen molar-refractivity contribution in [3.8, 4) is 17.2 Å². The number of ether oxygens (including phenoxy) is 1. The number of nitrogens with zero attached hydrogens (tertiary/aromatic N) is 2. The molecule has 28 heavy (non-hydrogen) atoms. The van der Waals surface area contributed by atoms with E-state index in [9.17, 15) is 0 Å². The van der Waals surface area contributed by atoms with E-state index >= 15 is 0 Å². The van der Waals surface area contributed by atoms with Gasteiger partial charge in [0.2, 0.25) is 5.89 Å². The van der Waals surface area contributed by atoms with Crippen molar-refractivity contribution in [3.05, 3.63) is 72.1 Å². The summed E-state index contributed by atoms with van der Waals surface area (Å²) in [5.41, 5.74) is 2.97. The second-order valence-corrected chi connectivity index (χ2v) is 6.23. The van der Waals surface area contributed by atoms with Crippen LogP contribution in [0.25, 0.3) is 11.5 Å². The summed E-state index contributed by atoms with van der Waals surface area (Å²) in [5.74, 6) is 2.25. The minimum absolute atomic E-state index is 0.449. The molecule has 1 heterocycles. The van der Waals surface area contributed by atoms with Gasteiger partial charge in [-0.2, -0.15) is 0 Å². The molecule has 0 aliphatic heterocycles. The van der Waals surface area contributed by atoms with Gasteiger partial charge >= 0.3 is 0 Å². The van der Waals surface area contributed by atoms with E-state index in [1.165, 1.54) is 5.56 Å². The largest absolute Gasteiger partial charge is 0.497 e. The van der Waals surface area contributed by atoms with Crippen molar-refractivity contribution in [3.63, 3.8) is 0 Å². The lowest BCUT2D eigenvalue weighted by molar-refractivity contribution is 0.414. The molecule has 3 aromatic rings. The fourth-order valence-electron chi connectivity index (χ4n) is 2.75. The summed E-state index contributed by atoms with van der Waals surface area (Å²) in [6.45, 7) is 4.06. The molecule has 0 spiro atoms. The topological polar surface area (TPSA) is 71.7 Å². The van der Waals surface area contributed by atoms with Crippen molar-refractivity contribution in [2.75, 3.05) is 20.2 Å². The molecule has 146 valence electrons. The van der Waals surface area contributed by atoms with Crippen LogP contribution in [0.2, 0.25) is 0 Å². The molecular formula is C22H26N4O2. The maximum atomic E-state index is 5.57. The predicted molar refractivity (Wildman–Crippen MR) is 111 cm³/mol. The first-order chi connectivity index (χ1) is 13.8. The second kappa shape index (κ2) is 10.2. The average molecular weight is 378 g/mol. The molecule has 0 saturated heterocycles. The van der Waals surface area contributed by atoms with Crippen LogP contribution in [0.3, 0.4) is 0 Å². The van der Waals surface area contributed by atoms with Crippen molar-refractivity contribution < 1.29 is 9.15 Å². The van der Waals surface area contributed by atoms with Gasteiger partial charge in [0.05, 0.1) is 13.7 Å². The highest BCUT2D eigenvalue weighted by atomic mass is 16.5. The molecule has 2 N–H and O–H groups in total. The fourth-order valence-corrected chi connectivity index (χ4v) is 2.75. The van der Waals surface area contributed by atoms with Gasteiger partial charge in [0.15, 0.2) is 5.96 Å². The first-order valence-corrected chi connectivity index (χ1v) is 9.43. The molecule has 6 heteroatoms. The Kier molecular flexibility index (Phi) is 7.07. The van der Waals surface area contributed by atoms with E-state index in [1.54, 1.807) is 13.4 Å². The summed E-state index contributed by atoms with van der Waals surface area (Å²) in [6, 6.07) is 17.9. The van der Waals surface area contributed by atoms with Gasteiger partial charge in [-0.1, -0.05) is 30.3 Å². The molecule has 3 rings (SSSR count). The summed E-state index contributed by atoms with van der Waals surface area (Å²) in [5, 5.41) is 6.61. The predicted octanol–water partition coefficient (Wildman–Crippen LogP) is 3.65. The van der Waals surface area contributed by atoms with Crippen LogP contribution in [-0.2, 0) is 13.0 Å². The third-order valence-corrected chi connectivity index (χ3v) is 4.16. The third kappa shape index (κ3) is 5.61. The number of hydrogen-bond acceptors (Lipinski definition) is 4. The van der Waals surface area contributed by atoms with Gasteiger partial charge in [-0.15, -0.1) is 0 Å². The minimum Gasteiger partial charge on any atom is -0.497 e. The molecule has 0 bridgehead atoms. The molecule has 0 unspecified atom stereocenters. The standard InChI is InChI=1S/C22H26N4O2/c1-3-23-22(24-13-12-17-8-7-11-20(14-17)27-2)25-15-19-16-28-21(26-19)18-9-5-4-6-10-18/h4-11,14,16H,3,12-13,15H2,1-2H3,(H2,23,24,25). The van der Waals surface area contributed by atoms with Crippen molar-refractivity contribution >= 4 is 5.96 Å². The molecule has 2 aromatic carbocycles. The highest BCUT2D eigenvalue weighted by Crippen LogP contribution is 2.18. The Labute approximate surface area is 165 Å². The molecule has 0 amide bonds. The molecule has 0 atom stereocenters. The summed E-state index contributed by atoms with van der Waals surface area (Å²) in [7, 11) is 1.68. The van der Waals surface area contributed by atoms with Crippen LogP contribution in [0.1, 0.15) is 18.2 Å². The van der Waals surface area contributed by atoms with E-state index in [1.807, 2.05) is 55.5 Å². The SMILES string of the molecule is CCNC(=NCc1coc(-c2ccccc2)n1)NCCc1cccc(OC)c1. The average Bonchev–Trinajstić information content (AvgIpc) is 3.22. The second-order valence-electron chi connectivity index (χ2n) is 6.23. The number of methoxy groups -OCH3 is 1. The lowest BCUT2D eigenvalue weighted by atomic mass is 10.1. The minimum atomic E-state index is 0.449. The van der Waals surface area contributed by atoms with Crippen molar-refractivity contribution in [1.82, 2.24) is 15.6 Å². The van der Waals surface area contributed by atoms with Crippen LogP contribution in [0, 0.1) is 0 Å². The van der Waals surface area contributed by atoms with Crippen LogP contribution >= 0.6 is 0 Å². The van der Waals surface area contributed by atoms with Crippen LogP contribution in [0.4, 0.5) is 0 Å². The number of aliphatic imine (C=N–C) groups is 1. The quantitative estimate of drug-likeness (QED) is 0.462. The lowest BCUT2D eigenvalue weighted by Gasteiger charge is -2.11. The number of aromatic nitrogens is 1. The van der Waals surface area contributed by atoms with Crippen LogP contribution in [0.15, 0.2) is 70.3 Å². The van der Waals surface area contributed by atoms with Crippen molar-refractivity contribution in [2.45, 2.75) is 19.9 Å². The van der Waals surface area contributed by atoms with E-state index in [2.05, 4.69) is 26.7 Å². The van der Waals surface area contributed by atoms with Gasteiger partial charge in [-0.25, -0.2) is 9.98 Å². The third-order valence-electron chi connectivity index (χ3n) is 4.16. The Balaban J connectivity index is 1.56. The number of oxazole rings is 1. The molecule has 0 saturated carbocycles. The van der Waals surface area contributed by atoms with Gasteiger partial charge in [-0.3, -0.25) is 0 Å². The Hall–Kier alpha value is -3.28. The molecule has 1 aromatic heterocycles. The number of guanidine groups is 1. The van der Waals surface area contributed by atoms with Crippen molar-refractivity contribution in [1.29, 1.82) is 0 Å². The van der Waals surface area contributed by atoms with Gasteiger partial charge in [-0.05, 0) is 43.2 Å². The molecular weight excluding hydrogens is 352 g/mol. The number of nitrogens with one attached hydrogen (secondary N) is 2. The zero-order chi connectivity index (χ0) is 19.6. The molecule has 0 radical (unpaired) electrons. The zero-order valence-electron chi connectivity index (χ0n) is 16.3. The van der Waals surface area contributed by atoms with Gasteiger partial charge in [0.25, 0.3) is 0 Å². The Morgan fingerprint density at radius 2 is 1.96 bits per heavy atom. The summed E-state index contributed by atoms with van der Waals surface area (Å²) < 4.78 is 10.8. The summed E-state index contributed by atoms with van der Waals surface area (Å²) in [6.07, 6.45) is 2.54. The molecule has 0 aliphatic rings. The molecule has 6 nitrogen and oxygen atoms in total.